The molecule has 7 nitrogen and oxygen atoms in total. The van der Waals surface area contributed by atoms with Crippen molar-refractivity contribution < 1.29 is 14.4 Å². The van der Waals surface area contributed by atoms with Crippen LogP contribution in [0.2, 0.25) is 0 Å². The van der Waals surface area contributed by atoms with E-state index in [1.807, 2.05) is 30.3 Å². The van der Waals surface area contributed by atoms with Crippen molar-refractivity contribution in [2.75, 3.05) is 36.4 Å². The third kappa shape index (κ3) is 3.83. The van der Waals surface area contributed by atoms with Gasteiger partial charge < -0.3 is 20.9 Å². The van der Waals surface area contributed by atoms with E-state index in [1.54, 1.807) is 18.2 Å². The molecule has 0 atom stereocenters. The number of amides is 3. The molecule has 1 aliphatic heterocycles. The summed E-state index contributed by atoms with van der Waals surface area (Å²) >= 11 is 0. The van der Waals surface area contributed by atoms with E-state index in [4.69, 9.17) is 5.73 Å². The van der Waals surface area contributed by atoms with E-state index in [-0.39, 0.29) is 11.3 Å². The van der Waals surface area contributed by atoms with Gasteiger partial charge in [-0.05, 0) is 24.3 Å². The van der Waals surface area contributed by atoms with Gasteiger partial charge >= 0.3 is 11.8 Å². The van der Waals surface area contributed by atoms with Crippen LogP contribution in [0.1, 0.15) is 10.4 Å². The van der Waals surface area contributed by atoms with Gasteiger partial charge in [0, 0.05) is 31.9 Å². The number of carbonyl (C=O) groups is 3. The lowest BCUT2D eigenvalue weighted by Gasteiger charge is -2.35. The zero-order chi connectivity index (χ0) is 18.5. The van der Waals surface area contributed by atoms with Gasteiger partial charge in [-0.15, -0.1) is 0 Å². The van der Waals surface area contributed by atoms with E-state index in [1.165, 1.54) is 11.0 Å². The van der Waals surface area contributed by atoms with Crippen LogP contribution in [0.5, 0.6) is 0 Å². The highest BCUT2D eigenvalue weighted by Crippen LogP contribution is 2.17. The third-order valence-corrected chi connectivity index (χ3v) is 4.32. The van der Waals surface area contributed by atoms with E-state index in [0.717, 1.165) is 5.69 Å². The highest BCUT2D eigenvalue weighted by Gasteiger charge is 2.26. The molecule has 1 aliphatic rings. The quantitative estimate of drug-likeness (QED) is 0.808. The zero-order valence-electron chi connectivity index (χ0n) is 14.2. The third-order valence-electron chi connectivity index (χ3n) is 4.32. The lowest BCUT2D eigenvalue weighted by molar-refractivity contribution is -0.143. The number of carbonyl (C=O) groups excluding carboxylic acids is 3. The van der Waals surface area contributed by atoms with Gasteiger partial charge in [-0.2, -0.15) is 0 Å². The summed E-state index contributed by atoms with van der Waals surface area (Å²) in [4.78, 5) is 39.8. The SMILES string of the molecule is NC(=O)c1ccccc1NC(=O)C(=O)N1CCN(c2ccccc2)CC1. The second-order valence-electron chi connectivity index (χ2n) is 5.98. The summed E-state index contributed by atoms with van der Waals surface area (Å²) < 4.78 is 0. The number of hydrogen-bond acceptors (Lipinski definition) is 4. The number of hydrogen-bond donors (Lipinski definition) is 2. The van der Waals surface area contributed by atoms with Gasteiger partial charge in [-0.3, -0.25) is 14.4 Å². The van der Waals surface area contributed by atoms with Crippen LogP contribution < -0.4 is 16.0 Å². The number of nitrogens with one attached hydrogen (secondary N) is 1. The Balaban J connectivity index is 1.60. The largest absolute Gasteiger partial charge is 0.368 e. The fraction of sp³-hybridized carbons (Fsp3) is 0.211. The van der Waals surface area contributed by atoms with E-state index >= 15 is 0 Å². The van der Waals surface area contributed by atoms with Crippen molar-refractivity contribution in [1.82, 2.24) is 4.90 Å². The molecule has 0 aliphatic carbocycles. The lowest BCUT2D eigenvalue weighted by Crippen LogP contribution is -2.51. The summed E-state index contributed by atoms with van der Waals surface area (Å²) in [5, 5.41) is 2.49. The Labute approximate surface area is 151 Å². The van der Waals surface area contributed by atoms with Gasteiger partial charge in [-0.25, -0.2) is 0 Å². The monoisotopic (exact) mass is 352 g/mol. The number of nitrogens with two attached hydrogens (primary N) is 1. The second kappa shape index (κ2) is 7.69. The molecule has 0 unspecified atom stereocenters. The van der Waals surface area contributed by atoms with Crippen LogP contribution in [-0.4, -0.2) is 48.8 Å². The second-order valence-corrected chi connectivity index (χ2v) is 5.98. The minimum atomic E-state index is -0.771. The van der Waals surface area contributed by atoms with Crippen molar-refractivity contribution in [1.29, 1.82) is 0 Å². The number of rotatable bonds is 3. The average Bonchev–Trinajstić information content (AvgIpc) is 2.68. The first-order chi connectivity index (χ1) is 12.6. The standard InChI is InChI=1S/C19H20N4O3/c20-17(24)15-8-4-5-9-16(15)21-18(25)19(26)23-12-10-22(11-13-23)14-6-2-1-3-7-14/h1-9H,10-13H2,(H2,20,24)(H,21,25). The average molecular weight is 352 g/mol. The van der Waals surface area contributed by atoms with Crippen LogP contribution in [-0.2, 0) is 9.59 Å². The lowest BCUT2D eigenvalue weighted by atomic mass is 10.1. The van der Waals surface area contributed by atoms with E-state index < -0.39 is 17.7 Å². The molecule has 7 heteroatoms. The van der Waals surface area contributed by atoms with Crippen LogP contribution in [0.3, 0.4) is 0 Å². The number of benzene rings is 2. The summed E-state index contributed by atoms with van der Waals surface area (Å²) in [5.41, 5.74) is 6.79. The first-order valence-electron chi connectivity index (χ1n) is 8.35. The van der Waals surface area contributed by atoms with Gasteiger partial charge in [0.25, 0.3) is 5.91 Å². The molecular formula is C19H20N4O3. The van der Waals surface area contributed by atoms with Gasteiger partial charge in [0.05, 0.1) is 11.3 Å². The Bertz CT molecular complexity index is 815. The molecule has 1 fully saturated rings. The Morgan fingerprint density at radius 2 is 1.46 bits per heavy atom. The maximum absolute atomic E-state index is 12.4. The summed E-state index contributed by atoms with van der Waals surface area (Å²) in [7, 11) is 0. The summed E-state index contributed by atoms with van der Waals surface area (Å²) in [6.07, 6.45) is 0. The Hall–Kier alpha value is -3.35. The van der Waals surface area contributed by atoms with Crippen molar-refractivity contribution in [3.8, 4) is 0 Å². The molecule has 0 radical (unpaired) electrons. The fourth-order valence-corrected chi connectivity index (χ4v) is 2.93. The molecule has 3 amide bonds. The highest BCUT2D eigenvalue weighted by atomic mass is 16.2. The van der Waals surface area contributed by atoms with Crippen LogP contribution >= 0.6 is 0 Å². The number of piperazine rings is 1. The fourth-order valence-electron chi connectivity index (χ4n) is 2.93. The Morgan fingerprint density at radius 3 is 2.12 bits per heavy atom. The molecule has 0 bridgehead atoms. The Kier molecular flexibility index (Phi) is 5.17. The summed E-state index contributed by atoms with van der Waals surface area (Å²) in [6.45, 7) is 2.22. The van der Waals surface area contributed by atoms with Crippen LogP contribution in [0, 0.1) is 0 Å². The molecule has 26 heavy (non-hydrogen) atoms. The van der Waals surface area contributed by atoms with Crippen molar-refractivity contribution in [3.05, 3.63) is 60.2 Å². The smallest absolute Gasteiger partial charge is 0.313 e. The molecule has 134 valence electrons. The van der Waals surface area contributed by atoms with Crippen LogP contribution in [0.25, 0.3) is 0 Å². The van der Waals surface area contributed by atoms with Gasteiger partial charge in [0.1, 0.15) is 0 Å². The van der Waals surface area contributed by atoms with Crippen molar-refractivity contribution >= 4 is 29.1 Å². The first-order valence-corrected chi connectivity index (χ1v) is 8.35. The number of para-hydroxylation sites is 2. The van der Waals surface area contributed by atoms with Crippen molar-refractivity contribution in [3.63, 3.8) is 0 Å². The summed E-state index contributed by atoms with van der Waals surface area (Å²) in [5.74, 6) is -2.05. The van der Waals surface area contributed by atoms with Crippen molar-refractivity contribution in [2.24, 2.45) is 5.73 Å². The number of anilines is 2. The van der Waals surface area contributed by atoms with E-state index in [0.29, 0.717) is 26.2 Å². The molecule has 1 saturated heterocycles. The molecule has 0 aromatic heterocycles. The minimum Gasteiger partial charge on any atom is -0.368 e. The van der Waals surface area contributed by atoms with Crippen LogP contribution in [0.15, 0.2) is 54.6 Å². The molecular weight excluding hydrogens is 332 g/mol. The molecule has 2 aromatic carbocycles. The number of nitrogens with zero attached hydrogens (tertiary/aromatic N) is 2. The normalized spacial score (nSPS) is 14.0. The predicted molar refractivity (Wildman–Crippen MR) is 98.8 cm³/mol. The highest BCUT2D eigenvalue weighted by molar-refractivity contribution is 6.39. The maximum Gasteiger partial charge on any atom is 0.313 e. The topological polar surface area (TPSA) is 95.7 Å². The predicted octanol–water partition coefficient (Wildman–Crippen LogP) is 1.07. The molecule has 3 N–H and O–H groups in total. The first kappa shape index (κ1) is 17.5. The minimum absolute atomic E-state index is 0.169. The summed E-state index contributed by atoms with van der Waals surface area (Å²) in [6, 6.07) is 16.3. The van der Waals surface area contributed by atoms with Gasteiger partial charge in [-0.1, -0.05) is 30.3 Å². The van der Waals surface area contributed by atoms with Gasteiger partial charge in [0.15, 0.2) is 0 Å². The van der Waals surface area contributed by atoms with Crippen LogP contribution in [0.4, 0.5) is 11.4 Å². The van der Waals surface area contributed by atoms with E-state index in [9.17, 15) is 14.4 Å². The van der Waals surface area contributed by atoms with Gasteiger partial charge in [0.2, 0.25) is 0 Å². The maximum atomic E-state index is 12.4. The zero-order valence-corrected chi connectivity index (χ0v) is 14.2. The Morgan fingerprint density at radius 1 is 0.846 bits per heavy atom. The molecule has 1 heterocycles. The molecule has 0 spiro atoms. The molecule has 0 saturated carbocycles. The molecule has 3 rings (SSSR count). The molecule has 2 aromatic rings. The van der Waals surface area contributed by atoms with E-state index in [2.05, 4.69) is 10.2 Å². The number of primary amides is 1. The van der Waals surface area contributed by atoms with Crippen molar-refractivity contribution in [2.45, 2.75) is 0 Å².